The normalized spacial score (nSPS) is 15.9. The summed E-state index contributed by atoms with van der Waals surface area (Å²) in [6.45, 7) is 5.26. The van der Waals surface area contributed by atoms with Gasteiger partial charge in [-0.25, -0.2) is 4.68 Å². The topological polar surface area (TPSA) is 50.0 Å². The van der Waals surface area contributed by atoms with E-state index in [1.54, 1.807) is 27.6 Å². The zero-order valence-corrected chi connectivity index (χ0v) is 16.2. The lowest BCUT2D eigenvalue weighted by molar-refractivity contribution is -0.112. The Morgan fingerprint density at radius 3 is 2.65 bits per heavy atom. The SMILES string of the molecule is CCN=c1scc(-c2cccs2)n1N=C1C(=O)N(CC)c2ccccc21. The van der Waals surface area contributed by atoms with E-state index in [4.69, 9.17) is 5.10 Å². The molecule has 5 nitrogen and oxygen atoms in total. The summed E-state index contributed by atoms with van der Waals surface area (Å²) in [4.78, 5) is 21.2. The minimum atomic E-state index is -0.0630. The van der Waals surface area contributed by atoms with Crippen LogP contribution in [-0.2, 0) is 4.79 Å². The van der Waals surface area contributed by atoms with E-state index in [0.29, 0.717) is 18.8 Å². The summed E-state index contributed by atoms with van der Waals surface area (Å²) < 4.78 is 1.81. The molecule has 0 aliphatic carbocycles. The zero-order valence-electron chi connectivity index (χ0n) is 14.5. The van der Waals surface area contributed by atoms with E-state index in [2.05, 4.69) is 11.1 Å². The summed E-state index contributed by atoms with van der Waals surface area (Å²) in [7, 11) is 0. The van der Waals surface area contributed by atoms with Crippen molar-refractivity contribution < 1.29 is 4.79 Å². The van der Waals surface area contributed by atoms with E-state index in [-0.39, 0.29) is 5.91 Å². The molecule has 0 saturated carbocycles. The maximum Gasteiger partial charge on any atom is 0.279 e. The molecule has 2 aromatic heterocycles. The van der Waals surface area contributed by atoms with Crippen molar-refractivity contribution in [3.05, 3.63) is 57.5 Å². The summed E-state index contributed by atoms with van der Waals surface area (Å²) in [6.07, 6.45) is 0. The van der Waals surface area contributed by atoms with Crippen LogP contribution in [0, 0.1) is 0 Å². The molecular weight excluding hydrogens is 364 g/mol. The van der Waals surface area contributed by atoms with Crippen LogP contribution in [0.3, 0.4) is 0 Å². The molecule has 0 radical (unpaired) electrons. The summed E-state index contributed by atoms with van der Waals surface area (Å²) in [5.41, 5.74) is 3.22. The molecule has 0 fully saturated rings. The number of likely N-dealkylation sites (N-methyl/N-ethyl adjacent to an activating group) is 1. The van der Waals surface area contributed by atoms with Gasteiger partial charge in [-0.1, -0.05) is 24.3 Å². The van der Waals surface area contributed by atoms with Gasteiger partial charge in [0.2, 0.25) is 4.80 Å². The number of thiophene rings is 1. The highest BCUT2D eigenvalue weighted by atomic mass is 32.1. The van der Waals surface area contributed by atoms with Crippen molar-refractivity contribution in [2.45, 2.75) is 13.8 Å². The Kier molecular flexibility index (Phi) is 4.57. The zero-order chi connectivity index (χ0) is 18.1. The molecule has 4 rings (SSSR count). The third-order valence-corrected chi connectivity index (χ3v) is 5.91. The summed E-state index contributed by atoms with van der Waals surface area (Å²) >= 11 is 3.19. The number of benzene rings is 1. The van der Waals surface area contributed by atoms with Crippen LogP contribution in [0.1, 0.15) is 19.4 Å². The number of hydrogen-bond acceptors (Lipinski definition) is 5. The number of hydrogen-bond donors (Lipinski definition) is 0. The van der Waals surface area contributed by atoms with Crippen LogP contribution >= 0.6 is 22.7 Å². The van der Waals surface area contributed by atoms with E-state index in [1.807, 2.05) is 59.6 Å². The maximum absolute atomic E-state index is 12.9. The average Bonchev–Trinajstić information content (AvgIpc) is 3.36. The number of nitrogens with zero attached hydrogens (tertiary/aromatic N) is 4. The highest BCUT2D eigenvalue weighted by Gasteiger charge is 2.33. The number of aromatic nitrogens is 1. The van der Waals surface area contributed by atoms with Crippen LogP contribution in [0.15, 0.2) is 57.3 Å². The van der Waals surface area contributed by atoms with Crippen LogP contribution in [0.5, 0.6) is 0 Å². The first-order chi connectivity index (χ1) is 12.7. The third kappa shape index (κ3) is 2.73. The number of anilines is 1. The van der Waals surface area contributed by atoms with E-state index in [1.165, 1.54) is 0 Å². The Morgan fingerprint density at radius 1 is 1.08 bits per heavy atom. The molecule has 0 atom stereocenters. The minimum absolute atomic E-state index is 0.0630. The number of para-hydroxylation sites is 1. The number of fused-ring (bicyclic) bond motifs is 1. The van der Waals surface area contributed by atoms with Crippen molar-refractivity contribution >= 4 is 40.0 Å². The number of carbonyl (C=O) groups is 1. The first-order valence-electron chi connectivity index (χ1n) is 8.49. The lowest BCUT2D eigenvalue weighted by Crippen LogP contribution is -2.30. The van der Waals surface area contributed by atoms with Gasteiger partial charge < -0.3 is 4.90 Å². The van der Waals surface area contributed by atoms with Crippen LogP contribution in [0.2, 0.25) is 0 Å². The standard InChI is InChI=1S/C19H18N4OS2/c1-3-20-19-23(15(12-26-19)16-10-7-11-25-16)21-17-13-8-5-6-9-14(13)22(4-2)18(17)24/h5-12H,3-4H2,1-2H3. The second-order valence-corrected chi connectivity index (χ2v) is 7.47. The van der Waals surface area contributed by atoms with E-state index >= 15 is 0 Å². The van der Waals surface area contributed by atoms with Gasteiger partial charge in [0.25, 0.3) is 5.91 Å². The molecule has 0 bridgehead atoms. The van der Waals surface area contributed by atoms with Gasteiger partial charge in [0, 0.05) is 24.0 Å². The number of thiazole rings is 1. The fourth-order valence-electron chi connectivity index (χ4n) is 3.01. The first-order valence-corrected chi connectivity index (χ1v) is 10.3. The fourth-order valence-corrected chi connectivity index (χ4v) is 4.69. The summed E-state index contributed by atoms with van der Waals surface area (Å²) in [5.74, 6) is -0.0630. The van der Waals surface area contributed by atoms with Gasteiger partial charge in [-0.2, -0.15) is 5.10 Å². The lowest BCUT2D eigenvalue weighted by Gasteiger charge is -2.12. The van der Waals surface area contributed by atoms with Gasteiger partial charge >= 0.3 is 0 Å². The van der Waals surface area contributed by atoms with Crippen LogP contribution in [0.25, 0.3) is 10.6 Å². The predicted molar refractivity (Wildman–Crippen MR) is 108 cm³/mol. The molecule has 0 saturated heterocycles. The maximum atomic E-state index is 12.9. The molecule has 1 aromatic carbocycles. The first kappa shape index (κ1) is 16.9. The third-order valence-electron chi connectivity index (χ3n) is 4.17. The van der Waals surface area contributed by atoms with Crippen molar-refractivity contribution in [2.24, 2.45) is 10.1 Å². The highest BCUT2D eigenvalue weighted by Crippen LogP contribution is 2.30. The van der Waals surface area contributed by atoms with Gasteiger partial charge in [-0.3, -0.25) is 9.79 Å². The lowest BCUT2D eigenvalue weighted by atomic mass is 10.1. The Bertz CT molecular complexity index is 1040. The van der Waals surface area contributed by atoms with Crippen molar-refractivity contribution in [2.75, 3.05) is 18.0 Å². The Hall–Kier alpha value is -2.51. The Morgan fingerprint density at radius 2 is 1.92 bits per heavy atom. The largest absolute Gasteiger partial charge is 0.307 e. The molecule has 1 amide bonds. The molecule has 0 unspecified atom stereocenters. The molecule has 0 N–H and O–H groups in total. The monoisotopic (exact) mass is 382 g/mol. The minimum Gasteiger partial charge on any atom is -0.307 e. The summed E-state index contributed by atoms with van der Waals surface area (Å²) in [6, 6.07) is 11.9. The van der Waals surface area contributed by atoms with Crippen LogP contribution in [0.4, 0.5) is 5.69 Å². The molecular formula is C19H18N4OS2. The van der Waals surface area contributed by atoms with Crippen molar-refractivity contribution in [1.82, 2.24) is 4.68 Å². The summed E-state index contributed by atoms with van der Waals surface area (Å²) in [5, 5.41) is 8.87. The Balaban J connectivity index is 1.93. The molecule has 7 heteroatoms. The number of rotatable bonds is 4. The predicted octanol–water partition coefficient (Wildman–Crippen LogP) is 3.82. The van der Waals surface area contributed by atoms with E-state index < -0.39 is 0 Å². The van der Waals surface area contributed by atoms with Crippen molar-refractivity contribution in [3.8, 4) is 10.6 Å². The van der Waals surface area contributed by atoms with Gasteiger partial charge in [0.05, 0.1) is 16.3 Å². The fraction of sp³-hybridized carbons (Fsp3) is 0.211. The number of carbonyl (C=O) groups excluding carboxylic acids is 1. The molecule has 26 heavy (non-hydrogen) atoms. The van der Waals surface area contributed by atoms with Crippen LogP contribution < -0.4 is 9.70 Å². The van der Waals surface area contributed by atoms with Gasteiger partial charge in [0.15, 0.2) is 5.71 Å². The average molecular weight is 383 g/mol. The van der Waals surface area contributed by atoms with Gasteiger partial charge in [0.1, 0.15) is 0 Å². The number of amides is 1. The highest BCUT2D eigenvalue weighted by molar-refractivity contribution is 7.14. The second-order valence-electron chi connectivity index (χ2n) is 5.68. The second kappa shape index (κ2) is 7.01. The molecule has 1 aliphatic rings. The molecule has 132 valence electrons. The van der Waals surface area contributed by atoms with E-state index in [9.17, 15) is 4.79 Å². The molecule has 3 aromatic rings. The quantitative estimate of drug-likeness (QED) is 0.677. The van der Waals surface area contributed by atoms with Crippen molar-refractivity contribution in [3.63, 3.8) is 0 Å². The smallest absolute Gasteiger partial charge is 0.279 e. The van der Waals surface area contributed by atoms with Gasteiger partial charge in [-0.05, 0) is 31.4 Å². The molecule has 1 aliphatic heterocycles. The van der Waals surface area contributed by atoms with Crippen LogP contribution in [-0.4, -0.2) is 29.4 Å². The van der Waals surface area contributed by atoms with Crippen molar-refractivity contribution in [1.29, 1.82) is 0 Å². The van der Waals surface area contributed by atoms with E-state index in [0.717, 1.165) is 26.6 Å². The van der Waals surface area contributed by atoms with Gasteiger partial charge in [-0.15, -0.1) is 22.7 Å². The molecule has 3 heterocycles. The Labute approximate surface area is 159 Å². The molecule has 0 spiro atoms.